The topological polar surface area (TPSA) is 3.24 Å². The van der Waals surface area contributed by atoms with Crippen LogP contribution in [0.15, 0.2) is 125 Å². The molecule has 5 aromatic rings. The second kappa shape index (κ2) is 11.9. The molecule has 1 heterocycles. The lowest BCUT2D eigenvalue weighted by atomic mass is 9.34. The summed E-state index contributed by atoms with van der Waals surface area (Å²) in [7, 11) is 0. The Kier molecular flexibility index (Phi) is 8.05. The molecule has 0 atom stereocenters. The summed E-state index contributed by atoms with van der Waals surface area (Å²) in [6.45, 7) is 14.3. The van der Waals surface area contributed by atoms with Crippen molar-refractivity contribution in [3.05, 3.63) is 132 Å². The summed E-state index contributed by atoms with van der Waals surface area (Å²) in [5, 5.41) is 0. The Hall–Kier alpha value is -3.69. The smallest absolute Gasteiger partial charge is 0.244 e. The van der Waals surface area contributed by atoms with Crippen LogP contribution >= 0.6 is 11.8 Å². The lowest BCUT2D eigenvalue weighted by molar-refractivity contribution is 0.812. The number of hydrogen-bond acceptors (Lipinski definition) is 2. The fourth-order valence-corrected chi connectivity index (χ4v) is 7.51. The van der Waals surface area contributed by atoms with Gasteiger partial charge in [-0.3, -0.25) is 0 Å². The summed E-state index contributed by atoms with van der Waals surface area (Å²) >= 11 is 1.91. The maximum Gasteiger partial charge on any atom is 0.244 e. The van der Waals surface area contributed by atoms with Crippen LogP contribution in [0.2, 0.25) is 0 Å². The molecule has 0 bridgehead atoms. The van der Waals surface area contributed by atoms with Gasteiger partial charge in [0.1, 0.15) is 0 Å². The highest BCUT2D eigenvalue weighted by atomic mass is 32.2. The Balaban J connectivity index is 1.58. The molecule has 5 aromatic carbocycles. The molecule has 210 valence electrons. The zero-order valence-corrected chi connectivity index (χ0v) is 26.5. The third-order valence-electron chi connectivity index (χ3n) is 8.51. The molecule has 0 unspecified atom stereocenters. The second-order valence-corrected chi connectivity index (χ2v) is 13.5. The van der Waals surface area contributed by atoms with Gasteiger partial charge in [0, 0.05) is 26.9 Å². The SMILES string of the molecule is CC(C)c1cc(C(C)C)c(B2c3ccccc3Sc3cc(N(c4ccccc4)c4ccccc4)ccc32)c(C(C)C)c1. The van der Waals surface area contributed by atoms with Gasteiger partial charge in [-0.1, -0.05) is 142 Å². The Morgan fingerprint density at radius 1 is 0.500 bits per heavy atom. The summed E-state index contributed by atoms with van der Waals surface area (Å²) < 4.78 is 0. The highest BCUT2D eigenvalue weighted by molar-refractivity contribution is 8.00. The maximum absolute atomic E-state index is 2.50. The summed E-state index contributed by atoms with van der Waals surface area (Å²) in [6.07, 6.45) is 0. The fraction of sp³-hybridized carbons (Fsp3) is 0.231. The number of rotatable bonds is 7. The Morgan fingerprint density at radius 3 is 1.57 bits per heavy atom. The van der Waals surface area contributed by atoms with Crippen molar-refractivity contribution < 1.29 is 0 Å². The number of para-hydroxylation sites is 2. The summed E-state index contributed by atoms with van der Waals surface area (Å²) in [6, 6.07) is 42.6. The molecule has 0 saturated carbocycles. The van der Waals surface area contributed by atoms with Gasteiger partial charge in [-0.25, -0.2) is 0 Å². The van der Waals surface area contributed by atoms with E-state index >= 15 is 0 Å². The molecule has 0 radical (unpaired) electrons. The fourth-order valence-electron chi connectivity index (χ4n) is 6.34. The van der Waals surface area contributed by atoms with Crippen molar-refractivity contribution in [3.8, 4) is 0 Å². The molecular formula is C39H40BNS. The molecule has 0 N–H and O–H groups in total. The molecule has 0 amide bonds. The van der Waals surface area contributed by atoms with Crippen LogP contribution in [0.3, 0.4) is 0 Å². The molecule has 0 saturated heterocycles. The third kappa shape index (κ3) is 5.31. The van der Waals surface area contributed by atoms with Gasteiger partial charge in [0.05, 0.1) is 0 Å². The predicted octanol–water partition coefficient (Wildman–Crippen LogP) is 9.51. The van der Waals surface area contributed by atoms with Gasteiger partial charge in [-0.15, -0.1) is 0 Å². The van der Waals surface area contributed by atoms with E-state index in [0.717, 1.165) is 11.4 Å². The van der Waals surface area contributed by atoms with Crippen LogP contribution in [0.1, 0.15) is 76.0 Å². The first-order valence-electron chi connectivity index (χ1n) is 15.3. The average molecular weight is 566 g/mol. The van der Waals surface area contributed by atoms with E-state index in [1.54, 1.807) is 0 Å². The summed E-state index contributed by atoms with van der Waals surface area (Å²) in [5.74, 6) is 1.37. The van der Waals surface area contributed by atoms with Gasteiger partial charge >= 0.3 is 0 Å². The quantitative estimate of drug-likeness (QED) is 0.177. The molecule has 0 aliphatic carbocycles. The molecule has 1 aliphatic rings. The van der Waals surface area contributed by atoms with E-state index in [1.807, 2.05) is 11.8 Å². The van der Waals surface area contributed by atoms with Crippen molar-refractivity contribution in [3.63, 3.8) is 0 Å². The Bertz CT molecular complexity index is 1620. The predicted molar refractivity (Wildman–Crippen MR) is 185 cm³/mol. The summed E-state index contributed by atoms with van der Waals surface area (Å²) in [4.78, 5) is 5.06. The third-order valence-corrected chi connectivity index (χ3v) is 9.68. The lowest BCUT2D eigenvalue weighted by Crippen LogP contribution is -2.57. The molecule has 3 heteroatoms. The van der Waals surface area contributed by atoms with Crippen molar-refractivity contribution in [1.29, 1.82) is 0 Å². The number of nitrogens with zero attached hydrogens (tertiary/aromatic N) is 1. The second-order valence-electron chi connectivity index (χ2n) is 12.4. The lowest BCUT2D eigenvalue weighted by Gasteiger charge is -2.33. The first-order valence-corrected chi connectivity index (χ1v) is 16.1. The number of hydrogen-bond donors (Lipinski definition) is 0. The molecule has 6 rings (SSSR count). The van der Waals surface area contributed by atoms with E-state index in [-0.39, 0.29) is 6.71 Å². The minimum atomic E-state index is 0.199. The molecule has 1 nitrogen and oxygen atoms in total. The van der Waals surface area contributed by atoms with Crippen molar-refractivity contribution in [2.75, 3.05) is 4.90 Å². The normalized spacial score (nSPS) is 12.5. The molecule has 42 heavy (non-hydrogen) atoms. The van der Waals surface area contributed by atoms with Crippen molar-refractivity contribution in [2.45, 2.75) is 69.1 Å². The highest BCUT2D eigenvalue weighted by Gasteiger charge is 2.36. The van der Waals surface area contributed by atoms with Gasteiger partial charge in [0.2, 0.25) is 6.71 Å². The Labute approximate surface area is 257 Å². The minimum Gasteiger partial charge on any atom is -0.310 e. The van der Waals surface area contributed by atoms with E-state index in [2.05, 4.69) is 162 Å². The maximum atomic E-state index is 2.50. The average Bonchev–Trinajstić information content (AvgIpc) is 3.00. The van der Waals surface area contributed by atoms with Crippen LogP contribution in [-0.4, -0.2) is 6.71 Å². The van der Waals surface area contributed by atoms with Gasteiger partial charge in [0.15, 0.2) is 0 Å². The van der Waals surface area contributed by atoms with E-state index in [1.165, 1.54) is 48.6 Å². The Morgan fingerprint density at radius 2 is 1.02 bits per heavy atom. The van der Waals surface area contributed by atoms with E-state index < -0.39 is 0 Å². The van der Waals surface area contributed by atoms with Crippen LogP contribution in [0.25, 0.3) is 0 Å². The highest BCUT2D eigenvalue weighted by Crippen LogP contribution is 2.39. The zero-order chi connectivity index (χ0) is 29.4. The number of benzene rings is 5. The van der Waals surface area contributed by atoms with Crippen molar-refractivity contribution in [2.24, 2.45) is 0 Å². The van der Waals surface area contributed by atoms with E-state index in [9.17, 15) is 0 Å². The largest absolute Gasteiger partial charge is 0.310 e. The molecular weight excluding hydrogens is 525 g/mol. The first kappa shape index (κ1) is 28.4. The van der Waals surface area contributed by atoms with Crippen LogP contribution in [0.4, 0.5) is 17.1 Å². The zero-order valence-electron chi connectivity index (χ0n) is 25.6. The molecule has 0 fully saturated rings. The van der Waals surface area contributed by atoms with Crippen LogP contribution < -0.4 is 21.3 Å². The van der Waals surface area contributed by atoms with Gasteiger partial charge in [-0.2, -0.15) is 0 Å². The van der Waals surface area contributed by atoms with Crippen LogP contribution in [0.5, 0.6) is 0 Å². The number of anilines is 3. The van der Waals surface area contributed by atoms with E-state index in [4.69, 9.17) is 0 Å². The van der Waals surface area contributed by atoms with Gasteiger partial charge in [-0.05, 0) is 76.9 Å². The number of fused-ring (bicyclic) bond motifs is 2. The van der Waals surface area contributed by atoms with Gasteiger partial charge in [0.25, 0.3) is 0 Å². The van der Waals surface area contributed by atoms with Crippen molar-refractivity contribution in [1.82, 2.24) is 0 Å². The monoisotopic (exact) mass is 565 g/mol. The first-order chi connectivity index (χ1) is 20.3. The molecule has 0 spiro atoms. The van der Waals surface area contributed by atoms with Crippen LogP contribution in [-0.2, 0) is 0 Å². The van der Waals surface area contributed by atoms with E-state index in [0.29, 0.717) is 17.8 Å². The van der Waals surface area contributed by atoms with Gasteiger partial charge < -0.3 is 4.90 Å². The molecule has 0 aromatic heterocycles. The summed E-state index contributed by atoms with van der Waals surface area (Å²) in [5.41, 5.74) is 12.3. The minimum absolute atomic E-state index is 0.199. The van der Waals surface area contributed by atoms with Crippen molar-refractivity contribution >= 4 is 51.9 Å². The van der Waals surface area contributed by atoms with Crippen LogP contribution in [0, 0.1) is 0 Å². The molecule has 1 aliphatic heterocycles. The standard InChI is InChI=1S/C39H40BNS/c1-26(2)29-23-33(27(3)4)39(34(24-29)28(5)6)40-35-19-13-14-20-37(35)42-38-25-32(21-22-36(38)40)41(30-15-9-7-10-16-30)31-17-11-8-12-18-31/h7-28H,1-6H3.